The molecular formula is C50H90N18O11. The van der Waals surface area contributed by atoms with Gasteiger partial charge in [0.1, 0.15) is 54.4 Å². The summed E-state index contributed by atoms with van der Waals surface area (Å²) in [6, 6.07) is -9.90. The topological polar surface area (TPSA) is 471 Å². The molecule has 20 N–H and O–H groups in total. The van der Waals surface area contributed by atoms with Gasteiger partial charge in [-0.05, 0) is 116 Å². The summed E-state index contributed by atoms with van der Waals surface area (Å²) in [7, 11) is 0. The molecule has 79 heavy (non-hydrogen) atoms. The summed E-state index contributed by atoms with van der Waals surface area (Å²) in [5.41, 5.74) is 33.0. The Morgan fingerprint density at radius 2 is 0.949 bits per heavy atom. The smallest absolute Gasteiger partial charge is 0.245 e. The van der Waals surface area contributed by atoms with Gasteiger partial charge < -0.3 is 86.7 Å². The maximum Gasteiger partial charge on any atom is 0.245 e. The minimum absolute atomic E-state index is 0.00970. The van der Waals surface area contributed by atoms with E-state index in [4.69, 9.17) is 34.4 Å². The first kappa shape index (κ1) is 67.8. The number of unbranched alkanes of at least 4 members (excludes halogenated alkanes) is 1. The van der Waals surface area contributed by atoms with Crippen LogP contribution in [-0.4, -0.2) is 180 Å². The lowest BCUT2D eigenvalue weighted by molar-refractivity contribution is -0.142. The summed E-state index contributed by atoms with van der Waals surface area (Å²) in [6.45, 7) is 11.9. The van der Waals surface area contributed by atoms with E-state index in [0.29, 0.717) is 51.5 Å². The molecule has 29 heteroatoms. The second-order valence-corrected chi connectivity index (χ2v) is 21.0. The van der Waals surface area contributed by atoms with Crippen molar-refractivity contribution >= 4 is 76.9 Å². The number of likely N-dealkylation sites (tertiary alicyclic amines) is 2. The van der Waals surface area contributed by atoms with Gasteiger partial charge in [0, 0.05) is 33.1 Å². The Kier molecular flexibility index (Phi) is 29.6. The Hall–Kier alpha value is -7.33. The van der Waals surface area contributed by atoms with Crippen molar-refractivity contribution in [2.75, 3.05) is 39.3 Å². The first-order valence-electron chi connectivity index (χ1n) is 27.2. The summed E-state index contributed by atoms with van der Waals surface area (Å²) in [5.74, 6) is -7.55. The van der Waals surface area contributed by atoms with Crippen LogP contribution in [0, 0.1) is 11.8 Å². The van der Waals surface area contributed by atoms with Gasteiger partial charge in [-0.3, -0.25) is 62.7 Å². The number of guanidine groups is 2. The van der Waals surface area contributed by atoms with E-state index in [1.807, 2.05) is 27.7 Å². The van der Waals surface area contributed by atoms with Crippen LogP contribution < -0.4 is 76.9 Å². The van der Waals surface area contributed by atoms with Crippen LogP contribution in [0.4, 0.5) is 0 Å². The fourth-order valence-corrected chi connectivity index (χ4v) is 9.08. The van der Waals surface area contributed by atoms with Gasteiger partial charge in [0.05, 0.1) is 6.54 Å². The van der Waals surface area contributed by atoms with Crippen molar-refractivity contribution in [1.82, 2.24) is 52.3 Å². The average molecular weight is 1120 g/mol. The predicted octanol–water partition coefficient (Wildman–Crippen LogP) is -4.65. The summed E-state index contributed by atoms with van der Waals surface area (Å²) in [5, 5.41) is 21.0. The molecule has 0 aromatic carbocycles. The molecule has 29 nitrogen and oxygen atoms in total. The molecule has 0 aromatic rings. The van der Waals surface area contributed by atoms with Gasteiger partial charge in [0.25, 0.3) is 0 Å². The molecule has 2 fully saturated rings. The number of amides is 11. The lowest BCUT2D eigenvalue weighted by Gasteiger charge is -2.30. The SMILES string of the molecule is CC(=O)N[C@@H](CCCN=C(N)N)C(=O)N1CCC[C@H]1C(=O)N[C@@H](CCCN=C(N)N)C(=O)N[C@@H](CC(C)C)C(=O)N[C@@H](C)C(=O)N[C@@H](C)C(=O)N[C@@H](CCCCN)C(=O)NCC(=O)N1CCC[C@H]1C(=O)N[C@@H](CC(C)C)C(N)=O. The van der Waals surface area contributed by atoms with Gasteiger partial charge >= 0.3 is 0 Å². The maximum atomic E-state index is 14.1. The summed E-state index contributed by atoms with van der Waals surface area (Å²) < 4.78 is 0. The van der Waals surface area contributed by atoms with Gasteiger partial charge in [0.2, 0.25) is 65.0 Å². The van der Waals surface area contributed by atoms with E-state index in [1.54, 1.807) is 0 Å². The first-order chi connectivity index (χ1) is 37.2. The van der Waals surface area contributed by atoms with E-state index in [9.17, 15) is 52.7 Å². The highest BCUT2D eigenvalue weighted by atomic mass is 16.2. The molecule has 2 heterocycles. The molecule has 0 spiro atoms. The summed E-state index contributed by atoms with van der Waals surface area (Å²) in [6.07, 6.45) is 3.80. The van der Waals surface area contributed by atoms with Gasteiger partial charge in [-0.1, -0.05) is 27.7 Å². The van der Waals surface area contributed by atoms with Crippen molar-refractivity contribution in [3.8, 4) is 0 Å². The molecule has 9 atom stereocenters. The van der Waals surface area contributed by atoms with Crippen molar-refractivity contribution in [2.24, 2.45) is 56.2 Å². The lowest BCUT2D eigenvalue weighted by atomic mass is 10.0. The third-order valence-electron chi connectivity index (χ3n) is 13.1. The zero-order chi connectivity index (χ0) is 59.5. The second-order valence-electron chi connectivity index (χ2n) is 21.0. The van der Waals surface area contributed by atoms with Crippen LogP contribution in [0.15, 0.2) is 9.98 Å². The molecule has 0 radical (unpaired) electrons. The normalized spacial score (nSPS) is 17.6. The molecular weight excluding hydrogens is 1030 g/mol. The molecule has 0 unspecified atom stereocenters. The number of hydrogen-bond acceptors (Lipinski definition) is 14. The zero-order valence-electron chi connectivity index (χ0n) is 47.0. The monoisotopic (exact) mass is 1120 g/mol. The predicted molar refractivity (Wildman–Crippen MR) is 294 cm³/mol. The van der Waals surface area contributed by atoms with E-state index in [-0.39, 0.29) is 88.5 Å². The average Bonchev–Trinajstić information content (AvgIpc) is 4.08. The molecule has 0 aliphatic carbocycles. The van der Waals surface area contributed by atoms with Crippen LogP contribution in [0.5, 0.6) is 0 Å². The van der Waals surface area contributed by atoms with E-state index in [0.717, 1.165) is 0 Å². The number of primary amides is 1. The van der Waals surface area contributed by atoms with E-state index in [2.05, 4.69) is 52.5 Å². The fourth-order valence-electron chi connectivity index (χ4n) is 9.08. The molecule has 446 valence electrons. The molecule has 11 amide bonds. The van der Waals surface area contributed by atoms with Crippen molar-refractivity contribution in [3.05, 3.63) is 0 Å². The molecule has 2 aliphatic heterocycles. The van der Waals surface area contributed by atoms with Crippen LogP contribution in [0.25, 0.3) is 0 Å². The Bertz CT molecular complexity index is 2170. The van der Waals surface area contributed by atoms with E-state index in [1.165, 1.54) is 30.6 Å². The Morgan fingerprint density at radius 3 is 1.47 bits per heavy atom. The van der Waals surface area contributed by atoms with E-state index < -0.39 is 126 Å². The number of nitrogens with zero attached hydrogens (tertiary/aromatic N) is 4. The van der Waals surface area contributed by atoms with Crippen molar-refractivity contribution in [2.45, 2.75) is 186 Å². The van der Waals surface area contributed by atoms with Crippen LogP contribution in [-0.2, 0) is 52.7 Å². The molecule has 0 bridgehead atoms. The van der Waals surface area contributed by atoms with Gasteiger partial charge in [-0.25, -0.2) is 0 Å². The second kappa shape index (κ2) is 34.5. The maximum absolute atomic E-state index is 14.1. The zero-order valence-corrected chi connectivity index (χ0v) is 47.0. The number of carbonyl (C=O) groups excluding carboxylic acids is 11. The van der Waals surface area contributed by atoms with Gasteiger partial charge in [-0.2, -0.15) is 0 Å². The highest BCUT2D eigenvalue weighted by Gasteiger charge is 2.40. The molecule has 2 saturated heterocycles. The van der Waals surface area contributed by atoms with Gasteiger partial charge in [-0.15, -0.1) is 0 Å². The highest BCUT2D eigenvalue weighted by molar-refractivity contribution is 5.98. The largest absolute Gasteiger partial charge is 0.370 e. The lowest BCUT2D eigenvalue weighted by Crippen LogP contribution is -2.59. The summed E-state index contributed by atoms with van der Waals surface area (Å²) in [4.78, 5) is 158. The van der Waals surface area contributed by atoms with Crippen molar-refractivity contribution in [1.29, 1.82) is 0 Å². The molecule has 2 aliphatic rings. The number of carbonyl (C=O) groups is 11. The first-order valence-corrected chi connectivity index (χ1v) is 27.2. The number of hydrogen-bond donors (Lipinski definition) is 14. The fraction of sp³-hybridized carbons (Fsp3) is 0.740. The number of nitrogens with one attached hydrogen (secondary N) is 8. The number of rotatable bonds is 34. The molecule has 2 rings (SSSR count). The quantitative estimate of drug-likeness (QED) is 0.0164. The minimum Gasteiger partial charge on any atom is -0.370 e. The van der Waals surface area contributed by atoms with Crippen LogP contribution in [0.2, 0.25) is 0 Å². The van der Waals surface area contributed by atoms with Crippen LogP contribution in [0.3, 0.4) is 0 Å². The minimum atomic E-state index is -1.26. The number of aliphatic imine (C=N–C) groups is 2. The third-order valence-corrected chi connectivity index (χ3v) is 13.1. The third kappa shape index (κ3) is 24.5. The van der Waals surface area contributed by atoms with Crippen LogP contribution in [0.1, 0.15) is 132 Å². The standard InChI is InChI=1S/C50H90N18O11/c1-27(2)24-35(40(52)71)65-46(77)37-17-12-22-67(37)39(70)26-59-43(74)32(14-8-9-19-51)63-42(73)30(6)60-41(72)29(5)61-45(76)36(25-28(3)4)66-44(75)33(15-10-20-57-49(53)54)64-47(78)38-18-13-23-68(38)48(79)34(62-31(7)69)16-11-21-58-50(55)56/h27-30,32-38H,8-26,51H2,1-7H3,(H2,52,71)(H,59,74)(H,60,72)(H,61,76)(H,62,69)(H,63,73)(H,64,78)(H,65,77)(H,66,75)(H4,53,54,57)(H4,55,56,58)/t29-,30-,32-,33-,34-,35-,36-,37-,38-/m0/s1. The van der Waals surface area contributed by atoms with Crippen molar-refractivity contribution < 1.29 is 52.7 Å². The van der Waals surface area contributed by atoms with Crippen molar-refractivity contribution in [3.63, 3.8) is 0 Å². The van der Waals surface area contributed by atoms with E-state index >= 15 is 0 Å². The molecule has 0 aromatic heterocycles. The Labute approximate surface area is 462 Å². The Morgan fingerprint density at radius 1 is 0.506 bits per heavy atom. The van der Waals surface area contributed by atoms with Crippen LogP contribution >= 0.6 is 0 Å². The van der Waals surface area contributed by atoms with Gasteiger partial charge in [0.15, 0.2) is 11.9 Å². The highest BCUT2D eigenvalue weighted by Crippen LogP contribution is 2.21. The molecule has 0 saturated carbocycles. The summed E-state index contributed by atoms with van der Waals surface area (Å²) >= 11 is 0. The Balaban J connectivity index is 2.16. The number of nitrogens with two attached hydrogens (primary N) is 6.